The smallest absolute Gasteiger partial charge is 0.227 e. The maximum absolute atomic E-state index is 6.23. The summed E-state index contributed by atoms with van der Waals surface area (Å²) >= 11 is 0. The number of benzene rings is 7. The van der Waals surface area contributed by atoms with Crippen molar-refractivity contribution in [3.05, 3.63) is 158 Å². The second kappa shape index (κ2) is 9.82. The predicted octanol–water partition coefficient (Wildman–Crippen LogP) is 11.6. The van der Waals surface area contributed by atoms with E-state index in [1.807, 2.05) is 6.07 Å². The van der Waals surface area contributed by atoms with Gasteiger partial charge in [0.15, 0.2) is 0 Å². The normalized spacial score (nSPS) is 11.6. The first-order chi connectivity index (χ1) is 21.8. The third-order valence-electron chi connectivity index (χ3n) is 8.69. The quantitative estimate of drug-likeness (QED) is 0.200. The van der Waals surface area contributed by atoms with Crippen LogP contribution in [-0.2, 0) is 0 Å². The summed E-state index contributed by atoms with van der Waals surface area (Å²) in [5.74, 6) is 0. The molecule has 2 aromatic heterocycles. The minimum Gasteiger partial charge on any atom is -0.437 e. The van der Waals surface area contributed by atoms with Crippen molar-refractivity contribution in [2.24, 2.45) is 0 Å². The van der Waals surface area contributed by atoms with Gasteiger partial charge in [0.05, 0.1) is 0 Å². The average molecular weight is 563 g/mol. The van der Waals surface area contributed by atoms with Crippen LogP contribution in [0.25, 0.3) is 65.5 Å². The average Bonchev–Trinajstić information content (AvgIpc) is 3.48. The molecule has 0 aliphatic rings. The van der Waals surface area contributed by atoms with Crippen LogP contribution in [0.3, 0.4) is 0 Å². The van der Waals surface area contributed by atoms with E-state index in [-0.39, 0.29) is 0 Å². The Morgan fingerprint density at radius 2 is 1.14 bits per heavy atom. The number of anilines is 3. The monoisotopic (exact) mass is 562 g/mol. The zero-order chi connectivity index (χ0) is 29.0. The third-order valence-corrected chi connectivity index (χ3v) is 8.69. The van der Waals surface area contributed by atoms with Crippen molar-refractivity contribution in [2.75, 3.05) is 4.90 Å². The molecule has 0 spiro atoms. The van der Waals surface area contributed by atoms with Gasteiger partial charge < -0.3 is 9.32 Å². The van der Waals surface area contributed by atoms with E-state index in [1.165, 1.54) is 32.3 Å². The van der Waals surface area contributed by atoms with Crippen LogP contribution in [0.15, 0.2) is 162 Å². The SMILES string of the molecule is c1ccc(N(c2ccc(-c3cccc4c3oc3ncccc34)cc2)c2ccc3c(ccc4ccc5ccccc5c43)c2)cc1. The molecule has 0 unspecified atom stereocenters. The minimum atomic E-state index is 0.666. The van der Waals surface area contributed by atoms with Gasteiger partial charge in [-0.15, -0.1) is 0 Å². The number of hydrogen-bond donors (Lipinski definition) is 0. The van der Waals surface area contributed by atoms with Crippen LogP contribution in [0, 0.1) is 0 Å². The molecule has 206 valence electrons. The third kappa shape index (κ3) is 3.87. The summed E-state index contributed by atoms with van der Waals surface area (Å²) in [6, 6.07) is 54.0. The van der Waals surface area contributed by atoms with E-state index in [0.717, 1.165) is 44.5 Å². The Bertz CT molecular complexity index is 2490. The van der Waals surface area contributed by atoms with Crippen LogP contribution in [0.1, 0.15) is 0 Å². The molecule has 3 nitrogen and oxygen atoms in total. The lowest BCUT2D eigenvalue weighted by Gasteiger charge is -2.26. The van der Waals surface area contributed by atoms with Crippen LogP contribution in [0.5, 0.6) is 0 Å². The summed E-state index contributed by atoms with van der Waals surface area (Å²) < 4.78 is 6.23. The zero-order valence-corrected chi connectivity index (χ0v) is 23.8. The summed E-state index contributed by atoms with van der Waals surface area (Å²) in [7, 11) is 0. The van der Waals surface area contributed by atoms with Crippen molar-refractivity contribution in [3.63, 3.8) is 0 Å². The van der Waals surface area contributed by atoms with Gasteiger partial charge in [0.2, 0.25) is 5.71 Å². The fourth-order valence-electron chi connectivity index (χ4n) is 6.64. The Morgan fingerprint density at radius 3 is 2.02 bits per heavy atom. The largest absolute Gasteiger partial charge is 0.437 e. The van der Waals surface area contributed by atoms with Gasteiger partial charge in [-0.3, -0.25) is 0 Å². The molecular formula is C41H26N2O. The molecule has 3 heteroatoms. The van der Waals surface area contributed by atoms with Crippen molar-refractivity contribution >= 4 is 71.4 Å². The van der Waals surface area contributed by atoms with E-state index >= 15 is 0 Å². The molecule has 0 aliphatic heterocycles. The number of furan rings is 1. The molecule has 9 rings (SSSR count). The summed E-state index contributed by atoms with van der Waals surface area (Å²) in [4.78, 5) is 6.76. The van der Waals surface area contributed by atoms with Crippen LogP contribution < -0.4 is 4.90 Å². The Morgan fingerprint density at radius 1 is 0.455 bits per heavy atom. The zero-order valence-electron chi connectivity index (χ0n) is 23.8. The van der Waals surface area contributed by atoms with Crippen molar-refractivity contribution in [3.8, 4) is 11.1 Å². The molecule has 44 heavy (non-hydrogen) atoms. The number of hydrogen-bond acceptors (Lipinski definition) is 3. The fraction of sp³-hybridized carbons (Fsp3) is 0. The molecule has 0 amide bonds. The highest BCUT2D eigenvalue weighted by atomic mass is 16.3. The number of aromatic nitrogens is 1. The lowest BCUT2D eigenvalue weighted by molar-refractivity contribution is 0.655. The van der Waals surface area contributed by atoms with E-state index in [9.17, 15) is 0 Å². The first-order valence-electron chi connectivity index (χ1n) is 14.9. The lowest BCUT2D eigenvalue weighted by Crippen LogP contribution is -2.09. The van der Waals surface area contributed by atoms with E-state index in [2.05, 4.69) is 155 Å². The number of para-hydroxylation sites is 2. The van der Waals surface area contributed by atoms with E-state index < -0.39 is 0 Å². The highest BCUT2D eigenvalue weighted by molar-refractivity contribution is 6.20. The highest BCUT2D eigenvalue weighted by Crippen LogP contribution is 2.40. The molecule has 0 radical (unpaired) electrons. The lowest BCUT2D eigenvalue weighted by atomic mass is 9.96. The van der Waals surface area contributed by atoms with Gasteiger partial charge in [0, 0.05) is 39.6 Å². The standard InChI is InChI=1S/C41H26N2O/c1-2-9-31(10-3-1)43(33-23-24-35-30(26-33)18-17-29-16-15-27-8-4-5-11-34(27)39(29)35)32-21-19-28(20-22-32)36-12-6-13-37-38-14-7-25-42-41(38)44-40(36)37/h1-26H. The molecule has 2 heterocycles. The molecule has 0 saturated heterocycles. The first-order valence-corrected chi connectivity index (χ1v) is 14.9. The van der Waals surface area contributed by atoms with Gasteiger partial charge in [-0.05, 0) is 86.4 Å². The maximum Gasteiger partial charge on any atom is 0.227 e. The molecule has 0 N–H and O–H groups in total. The van der Waals surface area contributed by atoms with E-state index in [0.29, 0.717) is 5.71 Å². The molecule has 0 aliphatic carbocycles. The first kappa shape index (κ1) is 24.6. The Kier molecular flexibility index (Phi) is 5.50. The number of rotatable bonds is 4. The van der Waals surface area contributed by atoms with E-state index in [1.54, 1.807) is 6.20 Å². The van der Waals surface area contributed by atoms with Crippen LogP contribution in [0.4, 0.5) is 17.1 Å². The number of pyridine rings is 1. The summed E-state index contributed by atoms with van der Waals surface area (Å²) in [6.07, 6.45) is 1.77. The number of nitrogens with zero attached hydrogens (tertiary/aromatic N) is 2. The summed E-state index contributed by atoms with van der Waals surface area (Å²) in [5, 5.41) is 9.71. The van der Waals surface area contributed by atoms with Crippen molar-refractivity contribution in [1.29, 1.82) is 0 Å². The predicted molar refractivity (Wildman–Crippen MR) is 184 cm³/mol. The second-order valence-corrected chi connectivity index (χ2v) is 11.2. The number of fused-ring (bicyclic) bond motifs is 8. The topological polar surface area (TPSA) is 29.3 Å². The fourth-order valence-corrected chi connectivity index (χ4v) is 6.64. The van der Waals surface area contributed by atoms with Crippen LogP contribution in [-0.4, -0.2) is 4.98 Å². The Balaban J connectivity index is 1.18. The van der Waals surface area contributed by atoms with Gasteiger partial charge in [-0.1, -0.05) is 103 Å². The second-order valence-electron chi connectivity index (χ2n) is 11.2. The van der Waals surface area contributed by atoms with Crippen LogP contribution in [0.2, 0.25) is 0 Å². The van der Waals surface area contributed by atoms with Gasteiger partial charge >= 0.3 is 0 Å². The molecule has 0 saturated carbocycles. The molecule has 7 aromatic carbocycles. The Labute approximate surface area is 254 Å². The summed E-state index contributed by atoms with van der Waals surface area (Å²) in [6.45, 7) is 0. The van der Waals surface area contributed by atoms with E-state index in [4.69, 9.17) is 4.42 Å². The molecular weight excluding hydrogens is 536 g/mol. The molecule has 9 aromatic rings. The van der Waals surface area contributed by atoms with Crippen molar-refractivity contribution < 1.29 is 4.42 Å². The van der Waals surface area contributed by atoms with Crippen molar-refractivity contribution in [1.82, 2.24) is 4.98 Å². The Hall–Kier alpha value is -5.93. The minimum absolute atomic E-state index is 0.666. The molecule has 0 atom stereocenters. The van der Waals surface area contributed by atoms with Crippen molar-refractivity contribution in [2.45, 2.75) is 0 Å². The van der Waals surface area contributed by atoms with Gasteiger partial charge in [-0.25, -0.2) is 4.98 Å². The van der Waals surface area contributed by atoms with Gasteiger partial charge in [-0.2, -0.15) is 0 Å². The van der Waals surface area contributed by atoms with Gasteiger partial charge in [0.1, 0.15) is 5.58 Å². The highest BCUT2D eigenvalue weighted by Gasteiger charge is 2.16. The van der Waals surface area contributed by atoms with Gasteiger partial charge in [0.25, 0.3) is 0 Å². The summed E-state index contributed by atoms with van der Waals surface area (Å²) in [5.41, 5.74) is 7.00. The molecule has 0 fully saturated rings. The molecule has 0 bridgehead atoms. The maximum atomic E-state index is 6.23. The van der Waals surface area contributed by atoms with Crippen LogP contribution >= 0.6 is 0 Å².